The van der Waals surface area contributed by atoms with Crippen LogP contribution in [0.1, 0.15) is 41.3 Å². The standard InChI is InChI=1S/C22H26N6O/c1-15(2)13-19-25-20-18(7-8-24-22(20)29)21(26-19)28-11-9-27(10-12-28)17-5-3-16(14-23)4-6-17/h3-6,15H,7-13H2,1-2H3,(H,24,29). The van der Waals surface area contributed by atoms with Crippen LogP contribution >= 0.6 is 0 Å². The number of nitriles is 1. The minimum absolute atomic E-state index is 0.0869. The number of carbonyl (C=O) groups excluding carboxylic acids is 1. The molecule has 1 saturated heterocycles. The van der Waals surface area contributed by atoms with Crippen molar-refractivity contribution in [2.75, 3.05) is 42.5 Å². The van der Waals surface area contributed by atoms with E-state index in [4.69, 9.17) is 10.2 Å². The predicted octanol–water partition coefficient (Wildman–Crippen LogP) is 2.16. The summed E-state index contributed by atoms with van der Waals surface area (Å²) in [6.45, 7) is 8.33. The van der Waals surface area contributed by atoms with Gasteiger partial charge in [-0.25, -0.2) is 9.97 Å². The number of amides is 1. The summed E-state index contributed by atoms with van der Waals surface area (Å²) < 4.78 is 0. The monoisotopic (exact) mass is 390 g/mol. The zero-order chi connectivity index (χ0) is 20.4. The highest BCUT2D eigenvalue weighted by molar-refractivity contribution is 5.96. The fourth-order valence-corrected chi connectivity index (χ4v) is 3.96. The van der Waals surface area contributed by atoms with Crippen molar-refractivity contribution in [2.24, 2.45) is 5.92 Å². The number of rotatable bonds is 4. The molecule has 1 amide bonds. The summed E-state index contributed by atoms with van der Waals surface area (Å²) in [6, 6.07) is 9.90. The first kappa shape index (κ1) is 19.2. The van der Waals surface area contributed by atoms with Gasteiger partial charge in [-0.1, -0.05) is 13.8 Å². The van der Waals surface area contributed by atoms with E-state index in [1.54, 1.807) is 0 Å². The Hall–Kier alpha value is -3.14. The van der Waals surface area contributed by atoms with Gasteiger partial charge in [-0.15, -0.1) is 0 Å². The quantitative estimate of drug-likeness (QED) is 0.861. The lowest BCUT2D eigenvalue weighted by molar-refractivity contribution is 0.0940. The van der Waals surface area contributed by atoms with Gasteiger partial charge in [0.25, 0.3) is 5.91 Å². The highest BCUT2D eigenvalue weighted by Crippen LogP contribution is 2.27. The van der Waals surface area contributed by atoms with E-state index in [2.05, 4.69) is 40.0 Å². The summed E-state index contributed by atoms with van der Waals surface area (Å²) in [6.07, 6.45) is 1.53. The average molecular weight is 390 g/mol. The van der Waals surface area contributed by atoms with Gasteiger partial charge in [0.05, 0.1) is 11.6 Å². The third-order valence-electron chi connectivity index (χ3n) is 5.44. The first-order valence-corrected chi connectivity index (χ1v) is 10.2. The van der Waals surface area contributed by atoms with Gasteiger partial charge in [0.15, 0.2) is 0 Å². The van der Waals surface area contributed by atoms with Gasteiger partial charge in [0, 0.05) is 50.4 Å². The Morgan fingerprint density at radius 2 is 1.79 bits per heavy atom. The molecule has 0 atom stereocenters. The van der Waals surface area contributed by atoms with E-state index in [0.29, 0.717) is 23.7 Å². The van der Waals surface area contributed by atoms with Crippen LogP contribution in [0.25, 0.3) is 0 Å². The Morgan fingerprint density at radius 3 is 2.45 bits per heavy atom. The van der Waals surface area contributed by atoms with Crippen LogP contribution in [-0.2, 0) is 12.8 Å². The maximum Gasteiger partial charge on any atom is 0.270 e. The van der Waals surface area contributed by atoms with E-state index >= 15 is 0 Å². The molecule has 7 heteroatoms. The predicted molar refractivity (Wildman–Crippen MR) is 112 cm³/mol. The van der Waals surface area contributed by atoms with E-state index in [-0.39, 0.29) is 5.91 Å². The largest absolute Gasteiger partial charge is 0.368 e. The number of anilines is 2. The van der Waals surface area contributed by atoms with Crippen LogP contribution in [0.3, 0.4) is 0 Å². The van der Waals surface area contributed by atoms with Crippen molar-refractivity contribution in [3.8, 4) is 6.07 Å². The van der Waals surface area contributed by atoms with Crippen molar-refractivity contribution in [3.63, 3.8) is 0 Å². The van der Waals surface area contributed by atoms with Crippen molar-refractivity contribution >= 4 is 17.4 Å². The molecule has 2 aromatic rings. The maximum atomic E-state index is 12.4. The van der Waals surface area contributed by atoms with E-state index in [9.17, 15) is 4.79 Å². The van der Waals surface area contributed by atoms with Gasteiger partial charge in [-0.3, -0.25) is 4.79 Å². The Bertz CT molecular complexity index is 939. The Labute approximate surface area is 171 Å². The summed E-state index contributed by atoms with van der Waals surface area (Å²) in [4.78, 5) is 26.5. The molecule has 2 aliphatic rings. The number of nitrogens with one attached hydrogen (secondary N) is 1. The smallest absolute Gasteiger partial charge is 0.270 e. The third kappa shape index (κ3) is 4.02. The van der Waals surface area contributed by atoms with Gasteiger partial charge in [0.1, 0.15) is 17.3 Å². The average Bonchev–Trinajstić information content (AvgIpc) is 2.74. The Morgan fingerprint density at radius 1 is 1.10 bits per heavy atom. The molecule has 3 heterocycles. The minimum Gasteiger partial charge on any atom is -0.368 e. The molecule has 0 bridgehead atoms. The molecule has 7 nitrogen and oxygen atoms in total. The molecule has 0 aliphatic carbocycles. The van der Waals surface area contributed by atoms with Crippen LogP contribution in [0.15, 0.2) is 24.3 Å². The molecule has 1 aromatic carbocycles. The van der Waals surface area contributed by atoms with Gasteiger partial charge in [-0.05, 0) is 36.6 Å². The molecule has 0 radical (unpaired) electrons. The van der Waals surface area contributed by atoms with Gasteiger partial charge in [-0.2, -0.15) is 5.26 Å². The summed E-state index contributed by atoms with van der Waals surface area (Å²) in [5, 5.41) is 11.9. The number of nitrogens with zero attached hydrogens (tertiary/aromatic N) is 5. The summed E-state index contributed by atoms with van der Waals surface area (Å²) in [7, 11) is 0. The van der Waals surface area contributed by atoms with Crippen molar-refractivity contribution < 1.29 is 4.79 Å². The highest BCUT2D eigenvalue weighted by Gasteiger charge is 2.28. The second-order valence-corrected chi connectivity index (χ2v) is 8.03. The lowest BCUT2D eigenvalue weighted by atomic mass is 10.0. The first-order valence-electron chi connectivity index (χ1n) is 10.2. The number of hydrogen-bond donors (Lipinski definition) is 1. The van der Waals surface area contributed by atoms with Crippen LogP contribution in [0.4, 0.5) is 11.5 Å². The number of aromatic nitrogens is 2. The molecule has 0 spiro atoms. The van der Waals surface area contributed by atoms with Gasteiger partial charge >= 0.3 is 0 Å². The van der Waals surface area contributed by atoms with Gasteiger partial charge < -0.3 is 15.1 Å². The van der Waals surface area contributed by atoms with E-state index < -0.39 is 0 Å². The number of piperazine rings is 1. The molecule has 4 rings (SSSR count). The molecule has 29 heavy (non-hydrogen) atoms. The third-order valence-corrected chi connectivity index (χ3v) is 5.44. The zero-order valence-corrected chi connectivity index (χ0v) is 17.0. The number of fused-ring (bicyclic) bond motifs is 1. The van der Waals surface area contributed by atoms with E-state index in [0.717, 1.165) is 61.9 Å². The first-order chi connectivity index (χ1) is 14.0. The molecular formula is C22H26N6O. The second-order valence-electron chi connectivity index (χ2n) is 8.03. The van der Waals surface area contributed by atoms with Crippen molar-refractivity contribution in [3.05, 3.63) is 46.9 Å². The molecule has 0 unspecified atom stereocenters. The normalized spacial score (nSPS) is 16.4. The van der Waals surface area contributed by atoms with Crippen molar-refractivity contribution in [1.82, 2.24) is 15.3 Å². The molecule has 0 saturated carbocycles. The van der Waals surface area contributed by atoms with Gasteiger partial charge in [0.2, 0.25) is 0 Å². The molecule has 150 valence electrons. The maximum absolute atomic E-state index is 12.4. The molecule has 1 N–H and O–H groups in total. The summed E-state index contributed by atoms with van der Waals surface area (Å²) >= 11 is 0. The van der Waals surface area contributed by atoms with Crippen LogP contribution < -0.4 is 15.1 Å². The van der Waals surface area contributed by atoms with Crippen LogP contribution in [0.5, 0.6) is 0 Å². The number of hydrogen-bond acceptors (Lipinski definition) is 6. The van der Waals surface area contributed by atoms with Crippen LogP contribution in [0.2, 0.25) is 0 Å². The zero-order valence-electron chi connectivity index (χ0n) is 17.0. The minimum atomic E-state index is -0.0869. The fourth-order valence-electron chi connectivity index (χ4n) is 3.96. The van der Waals surface area contributed by atoms with Crippen LogP contribution in [-0.4, -0.2) is 48.6 Å². The van der Waals surface area contributed by atoms with Crippen molar-refractivity contribution in [1.29, 1.82) is 5.26 Å². The Balaban J connectivity index is 1.56. The van der Waals surface area contributed by atoms with E-state index in [1.807, 2.05) is 24.3 Å². The summed E-state index contributed by atoms with van der Waals surface area (Å²) in [5.41, 5.74) is 3.34. The number of benzene rings is 1. The lowest BCUT2D eigenvalue weighted by Gasteiger charge is -2.38. The van der Waals surface area contributed by atoms with Crippen molar-refractivity contribution in [2.45, 2.75) is 26.7 Å². The SMILES string of the molecule is CC(C)Cc1nc2c(c(N3CCN(c4ccc(C#N)cc4)CC3)n1)CCNC2=O. The Kier molecular flexibility index (Phi) is 5.34. The summed E-state index contributed by atoms with van der Waals surface area (Å²) in [5.74, 6) is 2.03. The number of carbonyl (C=O) groups is 1. The van der Waals surface area contributed by atoms with E-state index in [1.165, 1.54) is 0 Å². The molecular weight excluding hydrogens is 364 g/mol. The lowest BCUT2D eigenvalue weighted by Crippen LogP contribution is -2.48. The highest BCUT2D eigenvalue weighted by atomic mass is 16.1. The second kappa shape index (κ2) is 8.08. The molecule has 1 fully saturated rings. The molecule has 2 aliphatic heterocycles. The topological polar surface area (TPSA) is 85.2 Å². The molecule has 1 aromatic heterocycles. The fraction of sp³-hybridized carbons (Fsp3) is 0.455. The van der Waals surface area contributed by atoms with Crippen LogP contribution in [0, 0.1) is 17.2 Å².